The Hall–Kier alpha value is -1.82. The number of hydrogen-bond donors (Lipinski definition) is 2. The van der Waals surface area contributed by atoms with E-state index in [0.29, 0.717) is 5.56 Å². The molecule has 0 aromatic carbocycles. The molecule has 6 nitrogen and oxygen atoms in total. The highest BCUT2D eigenvalue weighted by molar-refractivity contribution is 6.02. The normalized spacial score (nSPS) is 23.6. The van der Waals surface area contributed by atoms with Crippen LogP contribution < -0.4 is 10.6 Å². The van der Waals surface area contributed by atoms with Gasteiger partial charge in [0, 0.05) is 19.9 Å². The largest absolute Gasteiger partial charge is 0.409 e. The van der Waals surface area contributed by atoms with Crippen molar-refractivity contribution in [3.05, 3.63) is 23.4 Å². The fourth-order valence-electron chi connectivity index (χ4n) is 2.56. The summed E-state index contributed by atoms with van der Waals surface area (Å²) in [6.07, 6.45) is 2.83. The van der Waals surface area contributed by atoms with E-state index in [1.807, 2.05) is 27.0 Å². The first-order valence-electron chi connectivity index (χ1n) is 6.34. The van der Waals surface area contributed by atoms with Gasteiger partial charge in [0.25, 0.3) is 0 Å². The molecule has 2 rings (SSSR count). The summed E-state index contributed by atoms with van der Waals surface area (Å²) < 4.78 is 5.58. The lowest BCUT2D eigenvalue weighted by atomic mass is 10.1. The van der Waals surface area contributed by atoms with Gasteiger partial charge in [-0.3, -0.25) is 0 Å². The smallest absolute Gasteiger partial charge is 0.174 e. The highest BCUT2D eigenvalue weighted by Crippen LogP contribution is 2.26. The molecule has 1 saturated heterocycles. The molecule has 0 radical (unpaired) electrons. The summed E-state index contributed by atoms with van der Waals surface area (Å²) >= 11 is 0. The zero-order chi connectivity index (χ0) is 14.0. The number of rotatable bonds is 3. The maximum atomic E-state index is 8.93. The summed E-state index contributed by atoms with van der Waals surface area (Å²) in [6.45, 7) is 4.72. The Labute approximate surface area is 112 Å². The molecule has 0 aliphatic carbocycles. The molecule has 0 saturated carbocycles. The Balaban J connectivity index is 2.41. The van der Waals surface area contributed by atoms with Crippen molar-refractivity contribution in [1.29, 1.82) is 0 Å². The third kappa shape index (κ3) is 2.49. The summed E-state index contributed by atoms with van der Waals surface area (Å²) in [5.41, 5.74) is 7.37. The summed E-state index contributed by atoms with van der Waals surface area (Å²) in [5, 5.41) is 12.0. The average molecular weight is 264 g/mol. The molecule has 3 N–H and O–H groups in total. The number of nitrogens with two attached hydrogens (primary N) is 1. The van der Waals surface area contributed by atoms with Gasteiger partial charge in [-0.25, -0.2) is 4.98 Å². The van der Waals surface area contributed by atoms with E-state index in [2.05, 4.69) is 15.0 Å². The van der Waals surface area contributed by atoms with Gasteiger partial charge in [-0.05, 0) is 31.9 Å². The summed E-state index contributed by atoms with van der Waals surface area (Å²) in [6, 6.07) is 2.10. The minimum absolute atomic E-state index is 0.0824. The molecular weight excluding hydrogens is 244 g/mol. The van der Waals surface area contributed by atoms with Crippen LogP contribution in [0.4, 0.5) is 5.82 Å². The van der Waals surface area contributed by atoms with Gasteiger partial charge in [0.1, 0.15) is 5.82 Å². The minimum Gasteiger partial charge on any atom is -0.409 e. The molecule has 0 amide bonds. The molecule has 2 unspecified atom stereocenters. The van der Waals surface area contributed by atoms with Crippen LogP contribution in [0, 0.1) is 6.92 Å². The van der Waals surface area contributed by atoms with Crippen molar-refractivity contribution in [1.82, 2.24) is 4.98 Å². The molecule has 1 aromatic heterocycles. The van der Waals surface area contributed by atoms with Crippen LogP contribution in [-0.4, -0.2) is 41.8 Å². The Kier molecular flexibility index (Phi) is 3.90. The fourth-order valence-corrected chi connectivity index (χ4v) is 2.56. The lowest BCUT2D eigenvalue weighted by Crippen LogP contribution is -2.38. The van der Waals surface area contributed by atoms with E-state index in [9.17, 15) is 0 Å². The van der Waals surface area contributed by atoms with Gasteiger partial charge in [-0.2, -0.15) is 0 Å². The number of amidine groups is 1. The molecule has 1 aliphatic heterocycles. The molecule has 1 aromatic rings. The fraction of sp³-hybridized carbons (Fsp3) is 0.538. The van der Waals surface area contributed by atoms with Crippen LogP contribution >= 0.6 is 0 Å². The number of pyridine rings is 1. The topological polar surface area (TPSA) is 84.0 Å². The van der Waals surface area contributed by atoms with Crippen molar-refractivity contribution < 1.29 is 9.94 Å². The van der Waals surface area contributed by atoms with Gasteiger partial charge in [0.2, 0.25) is 0 Å². The predicted molar refractivity (Wildman–Crippen MR) is 73.7 cm³/mol. The van der Waals surface area contributed by atoms with Gasteiger partial charge >= 0.3 is 0 Å². The number of ether oxygens (including phenoxy) is 1. The monoisotopic (exact) mass is 264 g/mol. The van der Waals surface area contributed by atoms with Crippen LogP contribution in [0.1, 0.15) is 24.5 Å². The van der Waals surface area contributed by atoms with Gasteiger partial charge in [-0.1, -0.05) is 5.16 Å². The van der Waals surface area contributed by atoms with Crippen LogP contribution in [0.3, 0.4) is 0 Å². The molecule has 1 fully saturated rings. The quantitative estimate of drug-likeness (QED) is 0.369. The third-order valence-corrected chi connectivity index (χ3v) is 3.67. The number of anilines is 1. The summed E-state index contributed by atoms with van der Waals surface area (Å²) in [4.78, 5) is 6.44. The van der Waals surface area contributed by atoms with Gasteiger partial charge in [-0.15, -0.1) is 0 Å². The number of likely N-dealkylation sites (N-methyl/N-ethyl adjacent to an activating group) is 1. The van der Waals surface area contributed by atoms with Crippen molar-refractivity contribution in [2.75, 3.05) is 18.6 Å². The average Bonchev–Trinajstić information content (AvgIpc) is 2.83. The Bertz CT molecular complexity index is 490. The number of hydrogen-bond acceptors (Lipinski definition) is 5. The zero-order valence-electron chi connectivity index (χ0n) is 11.5. The van der Waals surface area contributed by atoms with Crippen LogP contribution in [0.2, 0.25) is 0 Å². The second kappa shape index (κ2) is 5.44. The molecule has 0 spiro atoms. The molecule has 0 bridgehead atoms. The second-order valence-electron chi connectivity index (χ2n) is 4.85. The molecular formula is C13H20N4O2. The Morgan fingerprint density at radius 2 is 2.37 bits per heavy atom. The van der Waals surface area contributed by atoms with Crippen molar-refractivity contribution in [2.24, 2.45) is 10.9 Å². The predicted octanol–water partition coefficient (Wildman–Crippen LogP) is 1.10. The highest BCUT2D eigenvalue weighted by atomic mass is 16.5. The van der Waals surface area contributed by atoms with E-state index < -0.39 is 0 Å². The Morgan fingerprint density at radius 3 is 2.95 bits per heavy atom. The van der Waals surface area contributed by atoms with Crippen LogP contribution in [0.25, 0.3) is 0 Å². The zero-order valence-corrected chi connectivity index (χ0v) is 11.5. The first-order valence-corrected chi connectivity index (χ1v) is 6.34. The summed E-state index contributed by atoms with van der Waals surface area (Å²) in [7, 11) is 1.96. The molecule has 104 valence electrons. The van der Waals surface area contributed by atoms with Crippen molar-refractivity contribution >= 4 is 11.7 Å². The van der Waals surface area contributed by atoms with Crippen molar-refractivity contribution in [3.63, 3.8) is 0 Å². The molecule has 1 aliphatic rings. The lowest BCUT2D eigenvalue weighted by molar-refractivity contribution is 0.118. The second-order valence-corrected chi connectivity index (χ2v) is 4.85. The van der Waals surface area contributed by atoms with E-state index in [1.54, 1.807) is 6.20 Å². The van der Waals surface area contributed by atoms with Gasteiger partial charge < -0.3 is 20.6 Å². The van der Waals surface area contributed by atoms with Crippen molar-refractivity contribution in [2.45, 2.75) is 32.4 Å². The van der Waals surface area contributed by atoms with Gasteiger partial charge in [0.15, 0.2) is 5.84 Å². The summed E-state index contributed by atoms with van der Waals surface area (Å²) in [5.74, 6) is 0.802. The van der Waals surface area contributed by atoms with Crippen LogP contribution in [0.15, 0.2) is 17.4 Å². The van der Waals surface area contributed by atoms with E-state index >= 15 is 0 Å². The van der Waals surface area contributed by atoms with E-state index in [-0.39, 0.29) is 18.0 Å². The van der Waals surface area contributed by atoms with E-state index in [0.717, 1.165) is 24.4 Å². The Morgan fingerprint density at radius 1 is 1.63 bits per heavy atom. The number of aryl methyl sites for hydroxylation is 1. The maximum absolute atomic E-state index is 8.93. The lowest BCUT2D eigenvalue weighted by Gasteiger charge is -2.29. The molecule has 2 atom stereocenters. The van der Waals surface area contributed by atoms with Crippen molar-refractivity contribution in [3.8, 4) is 0 Å². The molecule has 2 heterocycles. The molecule has 19 heavy (non-hydrogen) atoms. The number of aromatic nitrogens is 1. The molecule has 6 heteroatoms. The first-order chi connectivity index (χ1) is 9.06. The third-order valence-electron chi connectivity index (χ3n) is 3.67. The number of oxime groups is 1. The van der Waals surface area contributed by atoms with Crippen LogP contribution in [-0.2, 0) is 4.74 Å². The van der Waals surface area contributed by atoms with Gasteiger partial charge in [0.05, 0.1) is 17.7 Å². The van der Waals surface area contributed by atoms with E-state index in [4.69, 9.17) is 15.7 Å². The minimum atomic E-state index is 0.0824. The van der Waals surface area contributed by atoms with E-state index in [1.165, 1.54) is 0 Å². The number of nitrogens with zero attached hydrogens (tertiary/aromatic N) is 3. The first kappa shape index (κ1) is 13.6. The highest BCUT2D eigenvalue weighted by Gasteiger charge is 2.30. The maximum Gasteiger partial charge on any atom is 0.174 e. The van der Waals surface area contributed by atoms with Crippen LogP contribution in [0.5, 0.6) is 0 Å². The SMILES string of the molecule is Cc1ccnc(N(C)C2CCOC2C)c1/C(N)=N/O. The standard InChI is InChI=1S/C13H20N4O2/c1-8-4-6-15-13(11(8)12(14)16-18)17(3)10-5-7-19-9(10)2/h4,6,9-10,18H,5,7H2,1-3H3,(H2,14,16).